The van der Waals surface area contributed by atoms with Crippen LogP contribution in [-0.4, -0.2) is 19.9 Å². The van der Waals surface area contributed by atoms with Crippen LogP contribution in [0, 0.1) is 6.92 Å². The fourth-order valence-corrected chi connectivity index (χ4v) is 3.44. The molecule has 1 aliphatic rings. The molecule has 0 fully saturated rings. The highest BCUT2D eigenvalue weighted by Gasteiger charge is 2.18. The molecule has 0 aliphatic carbocycles. The van der Waals surface area contributed by atoms with Crippen LogP contribution in [0.3, 0.4) is 0 Å². The Hall–Kier alpha value is -1.92. The molecular weight excluding hydrogens is 286 g/mol. The Morgan fingerprint density at radius 3 is 3.00 bits per heavy atom. The summed E-state index contributed by atoms with van der Waals surface area (Å²) in [6.07, 6.45) is 4.24. The van der Waals surface area contributed by atoms with Gasteiger partial charge in [0.05, 0.1) is 4.90 Å². The van der Waals surface area contributed by atoms with Crippen LogP contribution in [-0.2, 0) is 23.0 Å². The molecule has 0 saturated carbocycles. The van der Waals surface area contributed by atoms with Gasteiger partial charge in [0.1, 0.15) is 0 Å². The van der Waals surface area contributed by atoms with Gasteiger partial charge in [-0.1, -0.05) is 0 Å². The van der Waals surface area contributed by atoms with E-state index >= 15 is 0 Å². The first-order valence-corrected chi connectivity index (χ1v) is 8.30. The Kier molecular flexibility index (Phi) is 3.65. The van der Waals surface area contributed by atoms with Crippen molar-refractivity contribution in [1.82, 2.24) is 9.71 Å². The molecule has 1 aromatic carbocycles. The summed E-state index contributed by atoms with van der Waals surface area (Å²) in [5.41, 5.74) is 3.97. The van der Waals surface area contributed by atoms with Gasteiger partial charge in [0, 0.05) is 31.2 Å². The third kappa shape index (κ3) is 2.91. The van der Waals surface area contributed by atoms with E-state index in [1.165, 1.54) is 0 Å². The van der Waals surface area contributed by atoms with Gasteiger partial charge in [0.2, 0.25) is 10.0 Å². The normalized spacial score (nSPS) is 13.8. The number of aromatic nitrogens is 1. The van der Waals surface area contributed by atoms with Crippen molar-refractivity contribution in [3.8, 4) is 0 Å². The number of hydrogen-bond donors (Lipinski definition) is 2. The lowest BCUT2D eigenvalue weighted by molar-refractivity contribution is 0.581. The lowest BCUT2D eigenvalue weighted by Crippen LogP contribution is -2.23. The molecule has 1 aliphatic heterocycles. The van der Waals surface area contributed by atoms with Crippen molar-refractivity contribution < 1.29 is 8.42 Å². The maximum Gasteiger partial charge on any atom is 0.240 e. The van der Waals surface area contributed by atoms with E-state index < -0.39 is 10.0 Å². The van der Waals surface area contributed by atoms with E-state index in [1.807, 2.05) is 19.1 Å². The van der Waals surface area contributed by atoms with Crippen LogP contribution in [0.4, 0.5) is 5.69 Å². The van der Waals surface area contributed by atoms with Crippen LogP contribution < -0.4 is 10.0 Å². The Bertz CT molecular complexity index is 772. The number of hydrogen-bond acceptors (Lipinski definition) is 4. The molecule has 0 saturated heterocycles. The zero-order valence-electron chi connectivity index (χ0n) is 11.8. The molecule has 0 bridgehead atoms. The first-order chi connectivity index (χ1) is 10.1. The van der Waals surface area contributed by atoms with E-state index in [4.69, 9.17) is 0 Å². The minimum atomic E-state index is -3.50. The Morgan fingerprint density at radius 2 is 2.19 bits per heavy atom. The fourth-order valence-electron chi connectivity index (χ4n) is 2.39. The van der Waals surface area contributed by atoms with Gasteiger partial charge in [0.25, 0.3) is 0 Å². The van der Waals surface area contributed by atoms with Crippen LogP contribution in [0.15, 0.2) is 41.6 Å². The Morgan fingerprint density at radius 1 is 1.33 bits per heavy atom. The molecular formula is C15H17N3O2S. The second-order valence-corrected chi connectivity index (χ2v) is 6.89. The van der Waals surface area contributed by atoms with E-state index in [9.17, 15) is 8.42 Å². The number of pyridine rings is 1. The summed E-state index contributed by atoms with van der Waals surface area (Å²) >= 11 is 0. The minimum Gasteiger partial charge on any atom is -0.384 e. The number of nitrogens with zero attached hydrogens (tertiary/aromatic N) is 1. The number of aryl methyl sites for hydroxylation is 1. The van der Waals surface area contributed by atoms with Gasteiger partial charge in [-0.05, 0) is 54.3 Å². The average Bonchev–Trinajstić information content (AvgIpc) is 2.94. The van der Waals surface area contributed by atoms with Gasteiger partial charge in [-0.25, -0.2) is 13.1 Å². The maximum absolute atomic E-state index is 12.4. The van der Waals surface area contributed by atoms with Gasteiger partial charge in [-0.3, -0.25) is 4.98 Å². The van der Waals surface area contributed by atoms with Crippen LogP contribution >= 0.6 is 0 Å². The van der Waals surface area contributed by atoms with Gasteiger partial charge < -0.3 is 5.32 Å². The third-order valence-corrected chi connectivity index (χ3v) is 5.10. The number of fused-ring (bicyclic) bond motifs is 1. The van der Waals surface area contributed by atoms with E-state index in [0.29, 0.717) is 4.90 Å². The summed E-state index contributed by atoms with van der Waals surface area (Å²) in [6.45, 7) is 3.05. The molecule has 3 rings (SSSR count). The average molecular weight is 303 g/mol. The number of anilines is 1. The zero-order chi connectivity index (χ0) is 14.9. The second-order valence-electron chi connectivity index (χ2n) is 5.12. The van der Waals surface area contributed by atoms with E-state index in [1.54, 1.807) is 24.5 Å². The topological polar surface area (TPSA) is 71.1 Å². The molecule has 2 N–H and O–H groups in total. The fraction of sp³-hybridized carbons (Fsp3) is 0.267. The molecule has 1 aromatic heterocycles. The van der Waals surface area contributed by atoms with Crippen molar-refractivity contribution in [3.05, 3.63) is 53.3 Å². The van der Waals surface area contributed by atoms with Crippen LogP contribution in [0.25, 0.3) is 0 Å². The van der Waals surface area contributed by atoms with Crippen molar-refractivity contribution in [1.29, 1.82) is 0 Å². The van der Waals surface area contributed by atoms with E-state index in [0.717, 1.165) is 35.3 Å². The minimum absolute atomic E-state index is 0.247. The van der Waals surface area contributed by atoms with E-state index in [-0.39, 0.29) is 6.54 Å². The van der Waals surface area contributed by atoms with Crippen molar-refractivity contribution in [3.63, 3.8) is 0 Å². The summed E-state index contributed by atoms with van der Waals surface area (Å²) in [5.74, 6) is 0. The lowest BCUT2D eigenvalue weighted by Gasteiger charge is -2.09. The van der Waals surface area contributed by atoms with Crippen molar-refractivity contribution in [2.75, 3.05) is 11.9 Å². The van der Waals surface area contributed by atoms with Crippen molar-refractivity contribution in [2.24, 2.45) is 0 Å². The molecule has 0 amide bonds. The lowest BCUT2D eigenvalue weighted by atomic mass is 10.2. The summed E-state index contributed by atoms with van der Waals surface area (Å²) in [5, 5.41) is 3.22. The maximum atomic E-state index is 12.4. The van der Waals surface area contributed by atoms with Gasteiger partial charge in [0.15, 0.2) is 0 Å². The molecule has 2 heterocycles. The quantitative estimate of drug-likeness (QED) is 0.904. The van der Waals surface area contributed by atoms with Crippen molar-refractivity contribution in [2.45, 2.75) is 24.8 Å². The molecule has 0 radical (unpaired) electrons. The predicted molar refractivity (Wildman–Crippen MR) is 81.6 cm³/mol. The van der Waals surface area contributed by atoms with Gasteiger partial charge in [-0.2, -0.15) is 0 Å². The third-order valence-electron chi connectivity index (χ3n) is 3.70. The van der Waals surface area contributed by atoms with Crippen LogP contribution in [0.5, 0.6) is 0 Å². The molecule has 110 valence electrons. The SMILES string of the molecule is Cc1ccncc1CNS(=O)(=O)c1ccc2c(c1)CCN2. The molecule has 0 atom stereocenters. The predicted octanol–water partition coefficient (Wildman–Crippen LogP) is 1.84. The summed E-state index contributed by atoms with van der Waals surface area (Å²) in [6, 6.07) is 7.07. The number of nitrogens with one attached hydrogen (secondary N) is 2. The van der Waals surface area contributed by atoms with Crippen molar-refractivity contribution >= 4 is 15.7 Å². The summed E-state index contributed by atoms with van der Waals surface area (Å²) in [4.78, 5) is 4.33. The number of benzene rings is 1. The standard InChI is InChI=1S/C15H17N3O2S/c1-11-4-6-16-9-13(11)10-18-21(19,20)14-2-3-15-12(8-14)5-7-17-15/h2-4,6,8-9,17-18H,5,7,10H2,1H3. The first-order valence-electron chi connectivity index (χ1n) is 6.82. The van der Waals surface area contributed by atoms with Crippen LogP contribution in [0.1, 0.15) is 16.7 Å². The highest BCUT2D eigenvalue weighted by atomic mass is 32.2. The van der Waals surface area contributed by atoms with Gasteiger partial charge >= 0.3 is 0 Å². The molecule has 0 spiro atoms. The Balaban J connectivity index is 1.80. The number of rotatable bonds is 4. The summed E-state index contributed by atoms with van der Waals surface area (Å²) in [7, 11) is -3.50. The van der Waals surface area contributed by atoms with Gasteiger partial charge in [-0.15, -0.1) is 0 Å². The Labute approximate surface area is 124 Å². The molecule has 21 heavy (non-hydrogen) atoms. The molecule has 0 unspecified atom stereocenters. The highest BCUT2D eigenvalue weighted by Crippen LogP contribution is 2.25. The van der Waals surface area contributed by atoms with E-state index in [2.05, 4.69) is 15.0 Å². The molecule has 6 heteroatoms. The van der Waals surface area contributed by atoms with Crippen LogP contribution in [0.2, 0.25) is 0 Å². The second kappa shape index (κ2) is 5.46. The monoisotopic (exact) mass is 303 g/mol. The highest BCUT2D eigenvalue weighted by molar-refractivity contribution is 7.89. The number of sulfonamides is 1. The smallest absolute Gasteiger partial charge is 0.240 e. The summed E-state index contributed by atoms with van der Waals surface area (Å²) < 4.78 is 27.4. The molecule has 2 aromatic rings. The first kappa shape index (κ1) is 14.0. The molecule has 5 nitrogen and oxygen atoms in total. The largest absolute Gasteiger partial charge is 0.384 e. The zero-order valence-corrected chi connectivity index (χ0v) is 12.6.